The predicted octanol–water partition coefficient (Wildman–Crippen LogP) is 2.34. The molecular formula is C19H19N5O2S. The second kappa shape index (κ2) is 6.96. The second-order valence-corrected chi connectivity index (χ2v) is 7.36. The number of nitrogens with zero attached hydrogens (tertiary/aromatic N) is 5. The van der Waals surface area contributed by atoms with Crippen LogP contribution in [0.4, 0.5) is 5.69 Å². The summed E-state index contributed by atoms with van der Waals surface area (Å²) in [7, 11) is 1.81. The fourth-order valence-corrected chi connectivity index (χ4v) is 4.02. The summed E-state index contributed by atoms with van der Waals surface area (Å²) in [5.74, 6) is -0.317. The first-order valence-corrected chi connectivity index (χ1v) is 9.50. The van der Waals surface area contributed by atoms with Gasteiger partial charge >= 0.3 is 0 Å². The summed E-state index contributed by atoms with van der Waals surface area (Å²) in [6.07, 6.45) is 3.45. The maximum absolute atomic E-state index is 12.8. The van der Waals surface area contributed by atoms with Crippen LogP contribution in [0.2, 0.25) is 0 Å². The Morgan fingerprint density at radius 2 is 2.04 bits per heavy atom. The van der Waals surface area contributed by atoms with Crippen LogP contribution in [0.3, 0.4) is 0 Å². The van der Waals surface area contributed by atoms with Gasteiger partial charge in [0.05, 0.1) is 11.9 Å². The predicted molar refractivity (Wildman–Crippen MR) is 104 cm³/mol. The number of aryl methyl sites for hydroxylation is 2. The first-order valence-electron chi connectivity index (χ1n) is 8.63. The minimum Gasteiger partial charge on any atom is -0.326 e. The van der Waals surface area contributed by atoms with Crippen LogP contribution in [-0.2, 0) is 11.8 Å². The van der Waals surface area contributed by atoms with Crippen molar-refractivity contribution in [2.45, 2.75) is 6.92 Å². The van der Waals surface area contributed by atoms with E-state index in [1.165, 1.54) is 11.3 Å². The SMILES string of the molecule is Cc1ccccc1-c1nc(C(=O)N2CCN(c3cnn(C)c3)C(=O)C2)cs1. The number of carbonyl (C=O) groups is 2. The zero-order valence-electron chi connectivity index (χ0n) is 15.1. The van der Waals surface area contributed by atoms with Gasteiger partial charge < -0.3 is 9.80 Å². The molecule has 27 heavy (non-hydrogen) atoms. The molecule has 0 saturated carbocycles. The van der Waals surface area contributed by atoms with Gasteiger partial charge in [-0.25, -0.2) is 4.98 Å². The summed E-state index contributed by atoms with van der Waals surface area (Å²) in [4.78, 5) is 33.0. The number of carbonyl (C=O) groups excluding carboxylic acids is 2. The minimum absolute atomic E-state index is 0.0466. The zero-order chi connectivity index (χ0) is 19.0. The number of hydrogen-bond donors (Lipinski definition) is 0. The average molecular weight is 381 g/mol. The van der Waals surface area contributed by atoms with E-state index in [0.717, 1.165) is 21.8 Å². The highest BCUT2D eigenvalue weighted by atomic mass is 32.1. The van der Waals surface area contributed by atoms with Crippen LogP contribution in [0.15, 0.2) is 42.0 Å². The van der Waals surface area contributed by atoms with E-state index in [-0.39, 0.29) is 18.4 Å². The lowest BCUT2D eigenvalue weighted by Gasteiger charge is -2.33. The Bertz CT molecular complexity index is 1010. The van der Waals surface area contributed by atoms with Gasteiger partial charge in [-0.1, -0.05) is 24.3 Å². The van der Waals surface area contributed by atoms with Crippen LogP contribution >= 0.6 is 11.3 Å². The number of piperazine rings is 1. The Kier molecular flexibility index (Phi) is 4.49. The van der Waals surface area contributed by atoms with Crippen LogP contribution in [0, 0.1) is 6.92 Å². The molecule has 8 heteroatoms. The maximum atomic E-state index is 12.8. The molecule has 0 N–H and O–H groups in total. The van der Waals surface area contributed by atoms with Gasteiger partial charge in [0.15, 0.2) is 0 Å². The van der Waals surface area contributed by atoms with Crippen LogP contribution in [0.5, 0.6) is 0 Å². The molecule has 2 aromatic heterocycles. The van der Waals surface area contributed by atoms with Gasteiger partial charge in [-0.05, 0) is 12.5 Å². The van der Waals surface area contributed by atoms with Gasteiger partial charge in [-0.15, -0.1) is 11.3 Å². The van der Waals surface area contributed by atoms with Crippen molar-refractivity contribution in [2.75, 3.05) is 24.5 Å². The van der Waals surface area contributed by atoms with Crippen molar-refractivity contribution in [3.8, 4) is 10.6 Å². The lowest BCUT2D eigenvalue weighted by atomic mass is 10.1. The molecule has 0 bridgehead atoms. The molecule has 0 radical (unpaired) electrons. The Labute approximate surface area is 160 Å². The number of amides is 2. The van der Waals surface area contributed by atoms with E-state index in [0.29, 0.717) is 18.8 Å². The van der Waals surface area contributed by atoms with Gasteiger partial charge in [0.1, 0.15) is 17.2 Å². The molecule has 138 valence electrons. The zero-order valence-corrected chi connectivity index (χ0v) is 15.9. The van der Waals surface area contributed by atoms with Crippen molar-refractivity contribution >= 4 is 28.8 Å². The van der Waals surface area contributed by atoms with E-state index in [2.05, 4.69) is 10.1 Å². The lowest BCUT2D eigenvalue weighted by Crippen LogP contribution is -2.52. The number of anilines is 1. The standard InChI is InChI=1S/C19H19N5O2S/c1-13-5-3-4-6-15(13)18-21-16(12-27-18)19(26)23-7-8-24(17(25)11-23)14-9-20-22(2)10-14/h3-6,9-10,12H,7-8,11H2,1-2H3. The van der Waals surface area contributed by atoms with Crippen LogP contribution in [0.1, 0.15) is 16.1 Å². The number of hydrogen-bond acceptors (Lipinski definition) is 5. The van der Waals surface area contributed by atoms with E-state index >= 15 is 0 Å². The lowest BCUT2D eigenvalue weighted by molar-refractivity contribution is -0.120. The fourth-order valence-electron chi connectivity index (χ4n) is 3.14. The third kappa shape index (κ3) is 3.35. The number of rotatable bonds is 3. The van der Waals surface area contributed by atoms with Crippen molar-refractivity contribution < 1.29 is 9.59 Å². The molecule has 1 aliphatic heterocycles. The largest absolute Gasteiger partial charge is 0.326 e. The summed E-state index contributed by atoms with van der Waals surface area (Å²) in [5.41, 5.74) is 3.29. The molecule has 0 atom stereocenters. The fraction of sp³-hybridized carbons (Fsp3) is 0.263. The Hall–Kier alpha value is -3.00. The first-order chi connectivity index (χ1) is 13.0. The molecule has 0 unspecified atom stereocenters. The second-order valence-electron chi connectivity index (χ2n) is 6.50. The minimum atomic E-state index is -0.203. The average Bonchev–Trinajstić information content (AvgIpc) is 3.31. The van der Waals surface area contributed by atoms with Crippen molar-refractivity contribution in [1.29, 1.82) is 0 Å². The van der Waals surface area contributed by atoms with Gasteiger partial charge in [0.25, 0.3) is 5.91 Å². The molecule has 3 aromatic rings. The molecule has 0 spiro atoms. The molecule has 4 rings (SSSR count). The van der Waals surface area contributed by atoms with Crippen LogP contribution < -0.4 is 4.90 Å². The summed E-state index contributed by atoms with van der Waals surface area (Å²) in [5, 5.41) is 6.68. The number of aromatic nitrogens is 3. The summed E-state index contributed by atoms with van der Waals surface area (Å²) < 4.78 is 1.66. The van der Waals surface area contributed by atoms with Crippen molar-refractivity contribution in [2.24, 2.45) is 7.05 Å². The monoisotopic (exact) mass is 381 g/mol. The molecule has 0 aliphatic carbocycles. The molecule has 7 nitrogen and oxygen atoms in total. The van der Waals surface area contributed by atoms with Gasteiger partial charge in [-0.2, -0.15) is 5.10 Å². The molecule has 1 aliphatic rings. The summed E-state index contributed by atoms with van der Waals surface area (Å²) in [6, 6.07) is 7.96. The van der Waals surface area contributed by atoms with Crippen molar-refractivity contribution in [1.82, 2.24) is 19.7 Å². The van der Waals surface area contributed by atoms with E-state index < -0.39 is 0 Å². The molecule has 1 saturated heterocycles. The summed E-state index contributed by atoms with van der Waals surface area (Å²) >= 11 is 1.45. The Morgan fingerprint density at radius 1 is 1.22 bits per heavy atom. The van der Waals surface area contributed by atoms with E-state index in [9.17, 15) is 9.59 Å². The van der Waals surface area contributed by atoms with E-state index in [4.69, 9.17) is 0 Å². The van der Waals surface area contributed by atoms with Crippen LogP contribution in [0.25, 0.3) is 10.6 Å². The number of thiazole rings is 1. The first kappa shape index (κ1) is 17.4. The molecule has 1 fully saturated rings. The topological polar surface area (TPSA) is 71.3 Å². The highest BCUT2D eigenvalue weighted by molar-refractivity contribution is 7.13. The highest BCUT2D eigenvalue weighted by Crippen LogP contribution is 2.27. The molecule has 2 amide bonds. The van der Waals surface area contributed by atoms with Gasteiger partial charge in [0, 0.05) is 37.3 Å². The number of benzene rings is 1. The third-order valence-corrected chi connectivity index (χ3v) is 5.49. The van der Waals surface area contributed by atoms with Crippen molar-refractivity contribution in [3.05, 3.63) is 53.3 Å². The Balaban J connectivity index is 1.48. The highest BCUT2D eigenvalue weighted by Gasteiger charge is 2.30. The molecular weight excluding hydrogens is 362 g/mol. The smallest absolute Gasteiger partial charge is 0.273 e. The maximum Gasteiger partial charge on any atom is 0.273 e. The quantitative estimate of drug-likeness (QED) is 0.698. The van der Waals surface area contributed by atoms with Gasteiger partial charge in [0.2, 0.25) is 5.91 Å². The Morgan fingerprint density at radius 3 is 2.74 bits per heavy atom. The van der Waals surface area contributed by atoms with Crippen LogP contribution in [-0.4, -0.2) is 51.1 Å². The third-order valence-electron chi connectivity index (χ3n) is 4.61. The molecule has 1 aromatic carbocycles. The summed E-state index contributed by atoms with van der Waals surface area (Å²) in [6.45, 7) is 2.99. The van der Waals surface area contributed by atoms with E-state index in [1.807, 2.05) is 38.2 Å². The normalized spacial score (nSPS) is 14.7. The van der Waals surface area contributed by atoms with Crippen molar-refractivity contribution in [3.63, 3.8) is 0 Å². The molecule has 3 heterocycles. The van der Waals surface area contributed by atoms with E-state index in [1.54, 1.807) is 32.3 Å². The van der Waals surface area contributed by atoms with Gasteiger partial charge in [-0.3, -0.25) is 14.3 Å².